The summed E-state index contributed by atoms with van der Waals surface area (Å²) in [6.45, 7) is 0. The van der Waals surface area contributed by atoms with Gasteiger partial charge in [-0.3, -0.25) is 4.98 Å². The van der Waals surface area contributed by atoms with Crippen molar-refractivity contribution in [1.29, 1.82) is 0 Å². The van der Waals surface area contributed by atoms with Crippen molar-refractivity contribution in [2.75, 3.05) is 0 Å². The first-order chi connectivity index (χ1) is 24.8. The lowest BCUT2D eigenvalue weighted by atomic mass is 9.87. The molecule has 1 aliphatic carbocycles. The second-order valence-corrected chi connectivity index (χ2v) is 13.0. The molecule has 0 radical (unpaired) electrons. The average Bonchev–Trinajstić information content (AvgIpc) is 3.71. The molecule has 0 aliphatic heterocycles. The van der Waals surface area contributed by atoms with Crippen molar-refractivity contribution in [2.24, 2.45) is 0 Å². The van der Waals surface area contributed by atoms with E-state index in [0.717, 1.165) is 22.5 Å². The van der Waals surface area contributed by atoms with Crippen LogP contribution in [0.2, 0.25) is 0 Å². The summed E-state index contributed by atoms with van der Waals surface area (Å²) in [7, 11) is 0. The van der Waals surface area contributed by atoms with Crippen molar-refractivity contribution in [2.45, 2.75) is 5.92 Å². The minimum Gasteiger partial charge on any atom is -0.309 e. The molecule has 9 aromatic rings. The summed E-state index contributed by atoms with van der Waals surface area (Å²) in [5.74, 6) is 0.0874. The molecule has 0 saturated heterocycles. The topological polar surface area (TPSA) is 30.7 Å². The molecule has 3 aromatic heterocycles. The highest BCUT2D eigenvalue weighted by molar-refractivity contribution is 6.10. The fraction of sp³-hybridized carbons (Fsp3) is 0.0213. The quantitative estimate of drug-likeness (QED) is 0.188. The Bertz CT molecular complexity index is 2640. The van der Waals surface area contributed by atoms with Gasteiger partial charge in [0.25, 0.3) is 0 Å². The number of para-hydroxylation sites is 2. The molecule has 0 saturated carbocycles. The standard InChI is InChI=1S/C47H31N3/c1-3-11-31(12-4-1)43-28-35(29-44(49-43)32-23-25-48-26-24-32)47-40-17-8-7-15-37(40)42-27-33(20-22-41(42)47)34-19-21-39-38-16-9-10-18-45(38)50(46(39)30-34)36-13-5-2-6-14-36/h1-30,47H. The van der Waals surface area contributed by atoms with Gasteiger partial charge in [0.1, 0.15) is 0 Å². The van der Waals surface area contributed by atoms with Crippen LogP contribution in [0.4, 0.5) is 0 Å². The lowest BCUT2D eigenvalue weighted by Gasteiger charge is -2.18. The molecule has 3 heteroatoms. The summed E-state index contributed by atoms with van der Waals surface area (Å²) in [6.07, 6.45) is 3.68. The van der Waals surface area contributed by atoms with Crippen molar-refractivity contribution in [3.05, 3.63) is 199 Å². The number of benzene rings is 6. The third kappa shape index (κ3) is 4.59. The first-order valence-electron chi connectivity index (χ1n) is 17.1. The van der Waals surface area contributed by atoms with Crippen LogP contribution in [0.3, 0.4) is 0 Å². The van der Waals surface area contributed by atoms with Crippen LogP contribution in [-0.2, 0) is 0 Å². The van der Waals surface area contributed by atoms with Crippen molar-refractivity contribution in [3.8, 4) is 50.5 Å². The summed E-state index contributed by atoms with van der Waals surface area (Å²) in [5.41, 5.74) is 16.6. The van der Waals surface area contributed by atoms with Gasteiger partial charge in [-0.2, -0.15) is 0 Å². The van der Waals surface area contributed by atoms with Crippen LogP contribution in [0.1, 0.15) is 22.6 Å². The van der Waals surface area contributed by atoms with Gasteiger partial charge in [-0.1, -0.05) is 115 Å². The van der Waals surface area contributed by atoms with E-state index < -0.39 is 0 Å². The molecular weight excluding hydrogens is 607 g/mol. The summed E-state index contributed by atoms with van der Waals surface area (Å²) in [4.78, 5) is 9.41. The fourth-order valence-electron chi connectivity index (χ4n) is 7.89. The molecule has 0 bridgehead atoms. The van der Waals surface area contributed by atoms with Gasteiger partial charge in [0, 0.05) is 45.9 Å². The molecule has 3 nitrogen and oxygen atoms in total. The van der Waals surface area contributed by atoms with Crippen LogP contribution in [0, 0.1) is 0 Å². The number of hydrogen-bond donors (Lipinski definition) is 0. The molecular formula is C47H31N3. The Labute approximate surface area is 290 Å². The van der Waals surface area contributed by atoms with E-state index in [-0.39, 0.29) is 5.92 Å². The second-order valence-electron chi connectivity index (χ2n) is 13.0. The van der Waals surface area contributed by atoms with Crippen molar-refractivity contribution in [1.82, 2.24) is 14.5 Å². The van der Waals surface area contributed by atoms with Crippen LogP contribution < -0.4 is 0 Å². The van der Waals surface area contributed by atoms with Crippen molar-refractivity contribution < 1.29 is 0 Å². The van der Waals surface area contributed by atoms with E-state index in [0.29, 0.717) is 0 Å². The predicted octanol–water partition coefficient (Wildman–Crippen LogP) is 11.7. The minimum absolute atomic E-state index is 0.0874. The zero-order valence-corrected chi connectivity index (χ0v) is 27.2. The maximum atomic E-state index is 5.15. The normalized spacial score (nSPS) is 13.4. The van der Waals surface area contributed by atoms with E-state index in [1.807, 2.05) is 24.5 Å². The highest BCUT2D eigenvalue weighted by Gasteiger charge is 2.31. The van der Waals surface area contributed by atoms with Gasteiger partial charge in [-0.05, 0) is 93.5 Å². The summed E-state index contributed by atoms with van der Waals surface area (Å²) in [5, 5.41) is 2.53. The van der Waals surface area contributed by atoms with Crippen LogP contribution in [-0.4, -0.2) is 14.5 Å². The number of aromatic nitrogens is 3. The van der Waals surface area contributed by atoms with E-state index in [4.69, 9.17) is 4.98 Å². The van der Waals surface area contributed by atoms with Gasteiger partial charge in [0.05, 0.1) is 22.4 Å². The van der Waals surface area contributed by atoms with E-state index in [1.165, 1.54) is 66.4 Å². The summed E-state index contributed by atoms with van der Waals surface area (Å²) in [6, 6.07) is 61.4. The molecule has 50 heavy (non-hydrogen) atoms. The first-order valence-corrected chi connectivity index (χ1v) is 17.1. The van der Waals surface area contributed by atoms with Crippen LogP contribution >= 0.6 is 0 Å². The lowest BCUT2D eigenvalue weighted by Crippen LogP contribution is -2.02. The Kier molecular flexibility index (Phi) is 6.56. The molecule has 0 fully saturated rings. The van der Waals surface area contributed by atoms with E-state index in [1.54, 1.807) is 0 Å². The van der Waals surface area contributed by atoms with Crippen LogP contribution in [0.15, 0.2) is 182 Å². The maximum absolute atomic E-state index is 5.15. The van der Waals surface area contributed by atoms with E-state index in [2.05, 4.69) is 167 Å². The largest absolute Gasteiger partial charge is 0.309 e. The molecule has 0 spiro atoms. The first kappa shape index (κ1) is 28.4. The average molecular weight is 638 g/mol. The molecule has 1 aliphatic rings. The number of pyridine rings is 2. The van der Waals surface area contributed by atoms with Gasteiger partial charge >= 0.3 is 0 Å². The Morgan fingerprint density at radius 2 is 1.04 bits per heavy atom. The Morgan fingerprint density at radius 3 is 1.86 bits per heavy atom. The van der Waals surface area contributed by atoms with Gasteiger partial charge < -0.3 is 4.57 Å². The monoisotopic (exact) mass is 637 g/mol. The highest BCUT2D eigenvalue weighted by Crippen LogP contribution is 2.50. The maximum Gasteiger partial charge on any atom is 0.0713 e. The van der Waals surface area contributed by atoms with Gasteiger partial charge in [0.15, 0.2) is 0 Å². The number of fused-ring (bicyclic) bond motifs is 6. The molecule has 234 valence electrons. The highest BCUT2D eigenvalue weighted by atomic mass is 15.0. The van der Waals surface area contributed by atoms with Crippen molar-refractivity contribution in [3.63, 3.8) is 0 Å². The van der Waals surface area contributed by atoms with Gasteiger partial charge in [-0.15, -0.1) is 0 Å². The molecule has 0 N–H and O–H groups in total. The third-order valence-electron chi connectivity index (χ3n) is 10.2. The molecule has 1 unspecified atom stereocenters. The van der Waals surface area contributed by atoms with Crippen LogP contribution in [0.25, 0.3) is 72.3 Å². The zero-order valence-electron chi connectivity index (χ0n) is 27.2. The third-order valence-corrected chi connectivity index (χ3v) is 10.2. The van der Waals surface area contributed by atoms with Gasteiger partial charge in [-0.25, -0.2) is 4.98 Å². The predicted molar refractivity (Wildman–Crippen MR) is 206 cm³/mol. The number of hydrogen-bond acceptors (Lipinski definition) is 2. The van der Waals surface area contributed by atoms with E-state index in [9.17, 15) is 0 Å². The smallest absolute Gasteiger partial charge is 0.0713 e. The molecule has 1 atom stereocenters. The zero-order chi connectivity index (χ0) is 33.0. The Morgan fingerprint density at radius 1 is 0.420 bits per heavy atom. The van der Waals surface area contributed by atoms with Crippen LogP contribution in [0.5, 0.6) is 0 Å². The minimum atomic E-state index is 0.0874. The Hall–Kier alpha value is -6.58. The second kappa shape index (κ2) is 11.5. The molecule has 10 rings (SSSR count). The summed E-state index contributed by atoms with van der Waals surface area (Å²) < 4.78 is 2.39. The number of nitrogens with zero attached hydrogens (tertiary/aromatic N) is 3. The SMILES string of the molecule is c1ccc(-c2cc(C3c4ccccc4-c4cc(-c5ccc6c7ccccc7n(-c7ccccc7)c6c5)ccc43)cc(-c3ccncc3)n2)cc1. The summed E-state index contributed by atoms with van der Waals surface area (Å²) >= 11 is 0. The lowest BCUT2D eigenvalue weighted by molar-refractivity contribution is 1.01. The number of rotatable bonds is 5. The van der Waals surface area contributed by atoms with Crippen molar-refractivity contribution >= 4 is 21.8 Å². The molecule has 0 amide bonds. The molecule has 3 heterocycles. The van der Waals surface area contributed by atoms with Gasteiger partial charge in [0.2, 0.25) is 0 Å². The molecule has 6 aromatic carbocycles. The fourth-order valence-corrected chi connectivity index (χ4v) is 7.89. The Balaban J connectivity index is 1.14. The van der Waals surface area contributed by atoms with E-state index >= 15 is 0 Å².